The monoisotopic (exact) mass is 1010 g/mol. The molecule has 6 heteroatoms. The average Bonchev–Trinajstić information content (AvgIpc) is 4.38. The highest BCUT2D eigenvalue weighted by atomic mass is 32.1. The van der Waals surface area contributed by atoms with E-state index in [-0.39, 0.29) is 11.7 Å². The molecule has 0 fully saturated rings. The Balaban J connectivity index is 0.957. The molecule has 368 valence electrons. The summed E-state index contributed by atoms with van der Waals surface area (Å²) < 4.78 is 8.64. The number of aromatic nitrogens is 3. The maximum atomic E-state index is 10.1. The number of nitrogens with zero attached hydrogens (tertiary/aromatic N) is 3. The molecule has 3 aromatic heterocycles. The van der Waals surface area contributed by atoms with E-state index in [0.29, 0.717) is 29.0 Å². The molecular weight excluding hydrogens is 959 g/mol. The van der Waals surface area contributed by atoms with Gasteiger partial charge in [0.05, 0.1) is 5.41 Å². The van der Waals surface area contributed by atoms with Gasteiger partial charge >= 0.3 is 0 Å². The van der Waals surface area contributed by atoms with Crippen LogP contribution in [-0.4, -0.2) is 20.1 Å². The highest BCUT2D eigenvalue weighted by Crippen LogP contribution is 2.65. The van der Waals surface area contributed by atoms with Crippen LogP contribution in [0.4, 0.5) is 0 Å². The molecule has 0 saturated heterocycles. The summed E-state index contributed by atoms with van der Waals surface area (Å²) in [6.45, 7) is 14.5. The second kappa shape index (κ2) is 18.0. The number of hydrogen-bond acceptors (Lipinski definition) is 6. The van der Waals surface area contributed by atoms with Gasteiger partial charge in [-0.05, 0) is 122 Å². The van der Waals surface area contributed by atoms with Crippen LogP contribution in [0.25, 0.3) is 115 Å². The minimum Gasteiger partial charge on any atom is -0.509 e. The van der Waals surface area contributed by atoms with Gasteiger partial charge in [0.2, 0.25) is 0 Å². The highest BCUT2D eigenvalue weighted by molar-refractivity contribution is 7.25. The number of hydrogen-bond donors (Lipinski definition) is 1. The standard InChI is InChI=1S/C71H51N3O2S/c1-6-16-42(4)68-72-69(74-70(73-68)56-21-15-26-62-66(56)55-20-10-14-25-61(55)76-62)47-32-35-53-57-39-46(33-38-63(57)77-64(53)40-47)49-36-37-54-52-19-9-13-24-60(52)71(58-22-11-7-17-50(58)51-18-8-12-23-59(51)71)67(54)65(49)45-30-28-44(29-31-45)48(41(2)3)34-27-43(5)75/h6-41,48,75H,4-5H2,1-3H3/b16-6-,34-27?. The van der Waals surface area contributed by atoms with Crippen LogP contribution in [0.2, 0.25) is 0 Å². The first-order chi connectivity index (χ1) is 37.7. The summed E-state index contributed by atoms with van der Waals surface area (Å²) in [7, 11) is 0. The maximum absolute atomic E-state index is 10.1. The Morgan fingerprint density at radius 2 is 1.17 bits per heavy atom. The first-order valence-electron chi connectivity index (χ1n) is 26.3. The van der Waals surface area contributed by atoms with E-state index in [0.717, 1.165) is 48.9 Å². The largest absolute Gasteiger partial charge is 0.509 e. The van der Waals surface area contributed by atoms with Crippen molar-refractivity contribution in [1.82, 2.24) is 15.0 Å². The Kier molecular flexibility index (Phi) is 10.8. The first kappa shape index (κ1) is 46.3. The predicted molar refractivity (Wildman–Crippen MR) is 320 cm³/mol. The molecule has 9 aromatic carbocycles. The van der Waals surface area contributed by atoms with Crippen LogP contribution in [0.3, 0.4) is 0 Å². The number of benzene rings is 9. The molecule has 0 amide bonds. The van der Waals surface area contributed by atoms with E-state index in [1.807, 2.05) is 49.4 Å². The SMILES string of the molecule is C=C(O)C=CC(c1ccc(-c2c(-c3ccc4sc5cc(-c6nc(C(=C)/C=C\C)nc(-c7cccc8oc9ccccc9c78)n6)ccc5c4c3)ccc3c2C2(c4ccccc4-c4ccccc42)c2ccccc2-3)cc1)C(C)C. The van der Waals surface area contributed by atoms with Crippen molar-refractivity contribution in [2.24, 2.45) is 5.92 Å². The Morgan fingerprint density at radius 1 is 0.545 bits per heavy atom. The summed E-state index contributed by atoms with van der Waals surface area (Å²) in [5.74, 6) is 2.12. The molecule has 0 radical (unpaired) electrons. The van der Waals surface area contributed by atoms with E-state index in [1.165, 1.54) is 76.7 Å². The van der Waals surface area contributed by atoms with Crippen molar-refractivity contribution in [2.75, 3.05) is 0 Å². The van der Waals surface area contributed by atoms with Crippen molar-refractivity contribution in [3.63, 3.8) is 0 Å². The van der Waals surface area contributed by atoms with Gasteiger partial charge in [-0.3, -0.25) is 0 Å². The Morgan fingerprint density at radius 3 is 1.88 bits per heavy atom. The number of furan rings is 1. The Bertz CT molecular complexity index is 4450. The number of thiophene rings is 1. The number of rotatable bonds is 10. The zero-order valence-corrected chi connectivity index (χ0v) is 43.7. The molecule has 2 aliphatic carbocycles. The van der Waals surface area contributed by atoms with Gasteiger partial charge in [0.25, 0.3) is 0 Å². The lowest BCUT2D eigenvalue weighted by Gasteiger charge is -2.33. The molecule has 0 saturated carbocycles. The van der Waals surface area contributed by atoms with Crippen molar-refractivity contribution in [3.05, 3.63) is 265 Å². The van der Waals surface area contributed by atoms with E-state index < -0.39 is 5.41 Å². The molecule has 1 unspecified atom stereocenters. The van der Waals surface area contributed by atoms with Gasteiger partial charge in [0.15, 0.2) is 17.5 Å². The normalized spacial score (nSPS) is 13.6. The lowest BCUT2D eigenvalue weighted by molar-refractivity contribution is 0.434. The number of aliphatic hydroxyl groups excluding tert-OH is 1. The van der Waals surface area contributed by atoms with Crippen LogP contribution in [0.5, 0.6) is 0 Å². The summed E-state index contributed by atoms with van der Waals surface area (Å²) in [4.78, 5) is 15.3. The smallest absolute Gasteiger partial charge is 0.164 e. The molecule has 3 heterocycles. The van der Waals surface area contributed by atoms with E-state index in [9.17, 15) is 5.11 Å². The molecule has 5 nitrogen and oxygen atoms in total. The van der Waals surface area contributed by atoms with Gasteiger partial charge in [0.1, 0.15) is 16.9 Å². The van der Waals surface area contributed by atoms with Crippen LogP contribution in [0.15, 0.2) is 236 Å². The van der Waals surface area contributed by atoms with Crippen LogP contribution < -0.4 is 0 Å². The maximum Gasteiger partial charge on any atom is 0.164 e. The van der Waals surface area contributed by atoms with Crippen LogP contribution in [0, 0.1) is 5.92 Å². The fourth-order valence-corrected chi connectivity index (χ4v) is 13.8. The van der Waals surface area contributed by atoms with Crippen LogP contribution in [0.1, 0.15) is 60.3 Å². The summed E-state index contributed by atoms with van der Waals surface area (Å²) in [5.41, 5.74) is 19.7. The number of fused-ring (bicyclic) bond motifs is 16. The third kappa shape index (κ3) is 7.16. The first-order valence-corrected chi connectivity index (χ1v) is 27.1. The summed E-state index contributed by atoms with van der Waals surface area (Å²) in [6, 6.07) is 68.8. The fraction of sp³-hybridized carbons (Fsp3) is 0.0845. The summed E-state index contributed by atoms with van der Waals surface area (Å²) >= 11 is 1.78. The minimum atomic E-state index is -0.559. The van der Waals surface area contributed by atoms with E-state index >= 15 is 0 Å². The van der Waals surface area contributed by atoms with Crippen molar-refractivity contribution in [3.8, 4) is 67.3 Å². The molecule has 14 rings (SSSR count). The molecule has 0 aliphatic heterocycles. The fourth-order valence-electron chi connectivity index (χ4n) is 12.6. The van der Waals surface area contributed by atoms with Crippen molar-refractivity contribution in [2.45, 2.75) is 32.1 Å². The lowest BCUT2D eigenvalue weighted by Crippen LogP contribution is -2.26. The summed E-state index contributed by atoms with van der Waals surface area (Å²) in [5, 5.41) is 14.4. The third-order valence-corrected chi connectivity index (χ3v) is 17.1. The van der Waals surface area contributed by atoms with Crippen molar-refractivity contribution >= 4 is 59.0 Å². The van der Waals surface area contributed by atoms with Gasteiger partial charge in [-0.1, -0.05) is 203 Å². The van der Waals surface area contributed by atoms with Gasteiger partial charge in [-0.25, -0.2) is 15.0 Å². The predicted octanol–water partition coefficient (Wildman–Crippen LogP) is 19.1. The molecule has 77 heavy (non-hydrogen) atoms. The molecule has 1 atom stereocenters. The molecule has 1 N–H and O–H groups in total. The third-order valence-electron chi connectivity index (χ3n) is 15.9. The van der Waals surface area contributed by atoms with E-state index in [1.54, 1.807) is 17.4 Å². The molecule has 1 spiro atoms. The summed E-state index contributed by atoms with van der Waals surface area (Å²) in [6.07, 6.45) is 7.68. The molecule has 2 aliphatic rings. The topological polar surface area (TPSA) is 72.0 Å². The lowest BCUT2D eigenvalue weighted by atomic mass is 9.68. The van der Waals surface area contributed by atoms with Gasteiger partial charge in [-0.15, -0.1) is 11.3 Å². The zero-order chi connectivity index (χ0) is 52.1. The van der Waals surface area contributed by atoms with Gasteiger partial charge in [0, 0.05) is 53.6 Å². The second-order valence-corrected chi connectivity index (χ2v) is 21.8. The molecule has 12 aromatic rings. The Labute approximate surface area is 451 Å². The van der Waals surface area contributed by atoms with Crippen molar-refractivity contribution in [1.29, 1.82) is 0 Å². The highest BCUT2D eigenvalue weighted by Gasteiger charge is 2.53. The molecule has 0 bridgehead atoms. The number of allylic oxidation sites excluding steroid dienone is 5. The minimum absolute atomic E-state index is 0.0568. The molecular formula is C71H51N3O2S. The average molecular weight is 1010 g/mol. The Hall–Kier alpha value is -9.23. The van der Waals surface area contributed by atoms with E-state index in [2.05, 4.69) is 191 Å². The van der Waals surface area contributed by atoms with Gasteiger partial charge in [-0.2, -0.15) is 0 Å². The van der Waals surface area contributed by atoms with E-state index in [4.69, 9.17) is 19.4 Å². The zero-order valence-electron chi connectivity index (χ0n) is 42.9. The number of para-hydroxylation sites is 1. The van der Waals surface area contributed by atoms with Crippen LogP contribution in [-0.2, 0) is 5.41 Å². The second-order valence-electron chi connectivity index (χ2n) is 20.7. The van der Waals surface area contributed by atoms with Crippen molar-refractivity contribution < 1.29 is 9.52 Å². The van der Waals surface area contributed by atoms with Crippen LogP contribution >= 0.6 is 11.3 Å². The quantitative estimate of drug-likeness (QED) is 0.109. The number of aliphatic hydroxyl groups is 1. The van der Waals surface area contributed by atoms with Gasteiger partial charge < -0.3 is 9.52 Å².